The van der Waals surface area contributed by atoms with Gasteiger partial charge in [0.25, 0.3) is 0 Å². The predicted octanol–water partition coefficient (Wildman–Crippen LogP) is 2.58. The fourth-order valence-electron chi connectivity index (χ4n) is 3.83. The molecule has 3 heterocycles. The minimum atomic E-state index is -1.39. The number of hydrogen-bond donors (Lipinski definition) is 3. The molecule has 5 atom stereocenters. The van der Waals surface area contributed by atoms with Crippen LogP contribution in [0.3, 0.4) is 0 Å². The molecule has 1 aromatic carbocycles. The summed E-state index contributed by atoms with van der Waals surface area (Å²) in [7, 11) is 1.49. The van der Waals surface area contributed by atoms with E-state index in [9.17, 15) is 10.2 Å². The first kappa shape index (κ1) is 22.2. The van der Waals surface area contributed by atoms with Crippen molar-refractivity contribution in [1.29, 1.82) is 0 Å². The van der Waals surface area contributed by atoms with Crippen LogP contribution in [0.25, 0.3) is 10.7 Å². The van der Waals surface area contributed by atoms with Gasteiger partial charge in [0.2, 0.25) is 0 Å². The first-order valence-electron chi connectivity index (χ1n) is 8.87. The van der Waals surface area contributed by atoms with Gasteiger partial charge in [0.05, 0.1) is 12.8 Å². The lowest BCUT2D eigenvalue weighted by molar-refractivity contribution is -0.213. The van der Waals surface area contributed by atoms with Crippen LogP contribution in [0.2, 0.25) is 5.02 Å². The fraction of sp³-hybridized carbons (Fsp3) is 0.389. The smallest absolute Gasteiger partial charge is 0.149 e. The zero-order valence-corrected chi connectivity index (χ0v) is 19.6. The average Bonchev–Trinajstić information content (AvgIpc) is 3.43. The minimum absolute atomic E-state index is 0.379. The molecule has 1 aliphatic rings. The Kier molecular flexibility index (Phi) is 6.52. The van der Waals surface area contributed by atoms with Crippen molar-refractivity contribution in [3.63, 3.8) is 0 Å². The maximum atomic E-state index is 11.5. The summed E-state index contributed by atoms with van der Waals surface area (Å²) in [5, 5.41) is 32.8. The van der Waals surface area contributed by atoms with Crippen molar-refractivity contribution < 1.29 is 19.7 Å². The standard InChI is InChI=1S/C18H18BrClN4O4S2/c1-27-15-17(29)28-13(8-25)14(26)18(15,10-6-9(19)2-3-11(10)20)24-7-12(22-23-24)16-21-4-5-30-16/h2-7,13-15,17,25-26,29H,8H2,1H3/t13-,14+,15+,17-,18+/m0/s1. The Labute approximate surface area is 195 Å². The summed E-state index contributed by atoms with van der Waals surface area (Å²) in [5.41, 5.74) is -1.14. The van der Waals surface area contributed by atoms with Gasteiger partial charge in [-0.05, 0) is 18.2 Å². The average molecular weight is 534 g/mol. The molecule has 0 bridgehead atoms. The van der Waals surface area contributed by atoms with Crippen LogP contribution in [0.4, 0.5) is 0 Å². The van der Waals surface area contributed by atoms with Crippen molar-refractivity contribution >= 4 is 51.5 Å². The van der Waals surface area contributed by atoms with Crippen molar-refractivity contribution in [2.45, 2.75) is 29.3 Å². The van der Waals surface area contributed by atoms with Gasteiger partial charge in [0, 0.05) is 33.7 Å². The van der Waals surface area contributed by atoms with E-state index in [0.29, 0.717) is 21.3 Å². The lowest BCUT2D eigenvalue weighted by atomic mass is 9.75. The molecule has 160 valence electrons. The zero-order chi connectivity index (χ0) is 21.5. The number of thiol groups is 1. The highest BCUT2D eigenvalue weighted by Gasteiger charge is 2.60. The molecule has 2 N–H and O–H groups in total. The summed E-state index contributed by atoms with van der Waals surface area (Å²) < 4.78 is 13.7. The van der Waals surface area contributed by atoms with Gasteiger partial charge in [-0.15, -0.1) is 29.1 Å². The number of aliphatic hydroxyl groups is 2. The molecular weight excluding hydrogens is 516 g/mol. The SMILES string of the molecule is CO[C@@H]1[C@H](S)O[C@@H](CO)[C@@H](O)[C@@]1(c1cc(Br)ccc1Cl)n1cc(-c2nccs2)nn1. The monoisotopic (exact) mass is 532 g/mol. The van der Waals surface area contributed by atoms with Gasteiger partial charge in [0.1, 0.15) is 40.0 Å². The molecule has 0 spiro atoms. The Bertz CT molecular complexity index is 1020. The Morgan fingerprint density at radius 2 is 2.27 bits per heavy atom. The van der Waals surface area contributed by atoms with Gasteiger partial charge in [0.15, 0.2) is 0 Å². The van der Waals surface area contributed by atoms with E-state index in [2.05, 4.69) is 43.9 Å². The number of nitrogens with zero attached hydrogens (tertiary/aromatic N) is 4. The molecular formula is C18H18BrClN4O4S2. The number of benzene rings is 1. The van der Waals surface area contributed by atoms with Crippen LogP contribution in [0.15, 0.2) is 40.4 Å². The van der Waals surface area contributed by atoms with Gasteiger partial charge in [-0.25, -0.2) is 9.67 Å². The van der Waals surface area contributed by atoms with E-state index in [0.717, 1.165) is 4.47 Å². The summed E-state index contributed by atoms with van der Waals surface area (Å²) in [4.78, 5) is 4.27. The molecule has 12 heteroatoms. The molecule has 3 aromatic rings. The molecule has 1 fully saturated rings. The molecule has 30 heavy (non-hydrogen) atoms. The largest absolute Gasteiger partial charge is 0.394 e. The number of rotatable bonds is 5. The summed E-state index contributed by atoms with van der Waals surface area (Å²) >= 11 is 16.0. The fourth-order valence-corrected chi connectivity index (χ4v) is 5.55. The Morgan fingerprint density at radius 1 is 1.47 bits per heavy atom. The normalized spacial score (nSPS) is 29.3. The third-order valence-corrected chi connectivity index (χ3v) is 7.14. The maximum absolute atomic E-state index is 11.5. The van der Waals surface area contributed by atoms with E-state index < -0.39 is 35.9 Å². The van der Waals surface area contributed by atoms with Gasteiger partial charge in [-0.2, -0.15) is 0 Å². The van der Waals surface area contributed by atoms with Crippen molar-refractivity contribution in [1.82, 2.24) is 20.0 Å². The van der Waals surface area contributed by atoms with Crippen LogP contribution >= 0.6 is 51.5 Å². The van der Waals surface area contributed by atoms with E-state index in [1.165, 1.54) is 23.1 Å². The third kappa shape index (κ3) is 3.51. The number of aromatic nitrogens is 4. The summed E-state index contributed by atoms with van der Waals surface area (Å²) in [6.45, 7) is -0.434. The Balaban J connectivity index is 2.01. The Morgan fingerprint density at radius 3 is 2.93 bits per heavy atom. The van der Waals surface area contributed by atoms with Crippen LogP contribution in [-0.4, -0.2) is 67.7 Å². The van der Waals surface area contributed by atoms with E-state index >= 15 is 0 Å². The van der Waals surface area contributed by atoms with Crippen molar-refractivity contribution in [2.75, 3.05) is 13.7 Å². The summed E-state index contributed by atoms with van der Waals surface area (Å²) in [6.07, 6.45) is 0.282. The van der Waals surface area contributed by atoms with Gasteiger partial charge >= 0.3 is 0 Å². The predicted molar refractivity (Wildman–Crippen MR) is 119 cm³/mol. The molecule has 1 aliphatic heterocycles. The first-order valence-corrected chi connectivity index (χ1v) is 11.4. The highest BCUT2D eigenvalue weighted by atomic mass is 79.9. The highest BCUT2D eigenvalue weighted by Crippen LogP contribution is 2.46. The van der Waals surface area contributed by atoms with Crippen molar-refractivity contribution in [3.05, 3.63) is 51.0 Å². The molecule has 2 aromatic heterocycles. The van der Waals surface area contributed by atoms with Crippen LogP contribution in [-0.2, 0) is 15.0 Å². The number of ether oxygens (including phenoxy) is 2. The van der Waals surface area contributed by atoms with Gasteiger partial charge in [-0.1, -0.05) is 32.7 Å². The third-order valence-electron chi connectivity index (χ3n) is 5.13. The minimum Gasteiger partial charge on any atom is -0.394 e. The molecule has 0 unspecified atom stereocenters. The van der Waals surface area contributed by atoms with Crippen molar-refractivity contribution in [2.24, 2.45) is 0 Å². The number of thiazole rings is 1. The van der Waals surface area contributed by atoms with Crippen LogP contribution in [0, 0.1) is 0 Å². The number of methoxy groups -OCH3 is 1. The van der Waals surface area contributed by atoms with E-state index in [-0.39, 0.29) is 0 Å². The quantitative estimate of drug-likeness (QED) is 0.433. The molecule has 0 amide bonds. The topological polar surface area (TPSA) is 103 Å². The first-order chi connectivity index (χ1) is 14.4. The lowest BCUT2D eigenvalue weighted by Gasteiger charge is -2.51. The van der Waals surface area contributed by atoms with E-state index in [1.807, 2.05) is 5.38 Å². The highest BCUT2D eigenvalue weighted by molar-refractivity contribution is 9.10. The number of aliphatic hydroxyl groups excluding tert-OH is 2. The maximum Gasteiger partial charge on any atom is 0.149 e. The van der Waals surface area contributed by atoms with Crippen molar-refractivity contribution in [3.8, 4) is 10.7 Å². The molecule has 0 saturated carbocycles. The Hall–Kier alpha value is -1.05. The van der Waals surface area contributed by atoms with Crippen LogP contribution < -0.4 is 0 Å². The van der Waals surface area contributed by atoms with E-state index in [4.69, 9.17) is 21.1 Å². The van der Waals surface area contributed by atoms with Gasteiger partial charge in [-0.3, -0.25) is 0 Å². The molecule has 1 saturated heterocycles. The molecule has 4 rings (SSSR count). The second-order valence-electron chi connectivity index (χ2n) is 6.68. The second kappa shape index (κ2) is 8.83. The lowest BCUT2D eigenvalue weighted by Crippen LogP contribution is -2.67. The van der Waals surface area contributed by atoms with E-state index in [1.54, 1.807) is 30.6 Å². The van der Waals surface area contributed by atoms with Gasteiger partial charge < -0.3 is 19.7 Å². The number of halogens is 2. The zero-order valence-electron chi connectivity index (χ0n) is 15.6. The molecule has 0 radical (unpaired) electrons. The molecule has 0 aliphatic carbocycles. The summed E-state index contributed by atoms with van der Waals surface area (Å²) in [5.74, 6) is 0. The second-order valence-corrected chi connectivity index (χ2v) is 9.41. The number of hydrogen-bond acceptors (Lipinski definition) is 9. The van der Waals surface area contributed by atoms with Crippen LogP contribution in [0.5, 0.6) is 0 Å². The summed E-state index contributed by atoms with van der Waals surface area (Å²) in [6, 6.07) is 5.28. The molecule has 8 nitrogen and oxygen atoms in total. The van der Waals surface area contributed by atoms with Crippen LogP contribution in [0.1, 0.15) is 5.56 Å².